The number of hydrogen-bond acceptors (Lipinski definition) is 6. The molecule has 1 N–H and O–H groups in total. The molecule has 1 aliphatic heterocycles. The van der Waals surface area contributed by atoms with E-state index in [0.717, 1.165) is 30.5 Å². The number of non-ortho nitro benzene ring substituents is 1. The molecule has 3 rings (SSSR count). The Kier molecular flexibility index (Phi) is 5.61. The van der Waals surface area contributed by atoms with Crippen molar-refractivity contribution in [3.8, 4) is 0 Å². The van der Waals surface area contributed by atoms with Gasteiger partial charge < -0.3 is 9.64 Å². The molecule has 0 unspecified atom stereocenters. The van der Waals surface area contributed by atoms with Gasteiger partial charge in [0.25, 0.3) is 21.6 Å². The third-order valence-electron chi connectivity index (χ3n) is 4.38. The van der Waals surface area contributed by atoms with Gasteiger partial charge in [-0.15, -0.1) is 0 Å². The van der Waals surface area contributed by atoms with E-state index in [-0.39, 0.29) is 23.1 Å². The number of nitrogens with one attached hydrogen (secondary N) is 1. The minimum absolute atomic E-state index is 0.0574. The normalized spacial score (nSPS) is 13.7. The molecule has 0 aliphatic carbocycles. The lowest BCUT2D eigenvalue weighted by Gasteiger charge is -2.30. The number of benzene rings is 2. The van der Waals surface area contributed by atoms with E-state index in [1.54, 1.807) is 23.1 Å². The number of nitro benzene ring substituents is 1. The summed E-state index contributed by atoms with van der Waals surface area (Å²) in [5.74, 6) is -0.196. The second kappa shape index (κ2) is 7.95. The fraction of sp³-hybridized carbons (Fsp3) is 0.278. The van der Waals surface area contributed by atoms with Crippen molar-refractivity contribution >= 4 is 33.0 Å². The van der Waals surface area contributed by atoms with Crippen LogP contribution in [0.25, 0.3) is 0 Å². The highest BCUT2D eigenvalue weighted by atomic mass is 32.2. The molecule has 0 aromatic heterocycles. The predicted molar refractivity (Wildman–Crippen MR) is 103 cm³/mol. The molecule has 28 heavy (non-hydrogen) atoms. The average Bonchev–Trinajstić information content (AvgIpc) is 2.67. The van der Waals surface area contributed by atoms with Crippen molar-refractivity contribution in [2.24, 2.45) is 0 Å². The first-order chi connectivity index (χ1) is 13.3. The van der Waals surface area contributed by atoms with Gasteiger partial charge in [0.15, 0.2) is 0 Å². The maximum Gasteiger partial charge on any atom is 0.269 e. The van der Waals surface area contributed by atoms with Gasteiger partial charge in [-0.1, -0.05) is 6.07 Å². The summed E-state index contributed by atoms with van der Waals surface area (Å²) in [7, 11) is -2.49. The number of hydrogen-bond donors (Lipinski definition) is 1. The standard InChI is InChI=1S/C18H19N3O6S/c1-27-12-18(22)20-10-2-3-13-4-5-14(11-17(13)20)19-28(25,26)16-8-6-15(7-9-16)21(23)24/h4-9,11,19H,2-3,10,12H2,1H3. The fourth-order valence-corrected chi connectivity index (χ4v) is 4.11. The minimum Gasteiger partial charge on any atom is -0.375 e. The van der Waals surface area contributed by atoms with Gasteiger partial charge in [-0.2, -0.15) is 0 Å². The number of aryl methyl sites for hydroxylation is 1. The summed E-state index contributed by atoms with van der Waals surface area (Å²) in [4.78, 5) is 23.9. The molecule has 148 valence electrons. The number of ether oxygens (including phenoxy) is 1. The van der Waals surface area contributed by atoms with Crippen LogP contribution < -0.4 is 9.62 Å². The van der Waals surface area contributed by atoms with Gasteiger partial charge in [0, 0.05) is 31.5 Å². The molecular formula is C18H19N3O6S. The van der Waals surface area contributed by atoms with Crippen molar-refractivity contribution in [2.45, 2.75) is 17.7 Å². The Bertz CT molecular complexity index is 1000. The second-order valence-corrected chi connectivity index (χ2v) is 7.96. The molecule has 1 aliphatic rings. The third-order valence-corrected chi connectivity index (χ3v) is 5.78. The lowest BCUT2D eigenvalue weighted by atomic mass is 10.0. The first-order valence-electron chi connectivity index (χ1n) is 8.51. The van der Waals surface area contributed by atoms with Gasteiger partial charge in [-0.05, 0) is 42.7 Å². The maximum absolute atomic E-state index is 12.6. The highest BCUT2D eigenvalue weighted by Crippen LogP contribution is 2.31. The molecule has 2 aromatic carbocycles. The summed E-state index contributed by atoms with van der Waals surface area (Å²) in [6.07, 6.45) is 1.61. The Morgan fingerprint density at radius 3 is 2.61 bits per heavy atom. The van der Waals surface area contributed by atoms with E-state index in [1.165, 1.54) is 19.2 Å². The SMILES string of the molecule is COCC(=O)N1CCCc2ccc(NS(=O)(=O)c3ccc([N+](=O)[O-])cc3)cc21. The molecule has 0 bridgehead atoms. The first-order valence-corrected chi connectivity index (χ1v) is 9.99. The number of nitro groups is 1. The lowest BCUT2D eigenvalue weighted by molar-refractivity contribution is -0.384. The van der Waals surface area contributed by atoms with Crippen molar-refractivity contribution in [2.75, 3.05) is 29.9 Å². The molecule has 1 heterocycles. The van der Waals surface area contributed by atoms with E-state index < -0.39 is 14.9 Å². The monoisotopic (exact) mass is 405 g/mol. The van der Waals surface area contributed by atoms with Crippen molar-refractivity contribution in [3.63, 3.8) is 0 Å². The summed E-state index contributed by atoms with van der Waals surface area (Å²) < 4.78 is 32.5. The predicted octanol–water partition coefficient (Wildman–Crippen LogP) is 2.32. The van der Waals surface area contributed by atoms with Crippen molar-refractivity contribution < 1.29 is 22.9 Å². The summed E-state index contributed by atoms with van der Waals surface area (Å²) in [6.45, 7) is 0.478. The molecule has 0 saturated carbocycles. The highest BCUT2D eigenvalue weighted by molar-refractivity contribution is 7.92. The van der Waals surface area contributed by atoms with Crippen molar-refractivity contribution in [1.82, 2.24) is 0 Å². The molecule has 0 radical (unpaired) electrons. The van der Waals surface area contributed by atoms with Crippen LogP contribution in [0.2, 0.25) is 0 Å². The fourth-order valence-electron chi connectivity index (χ4n) is 3.06. The molecule has 10 heteroatoms. The quantitative estimate of drug-likeness (QED) is 0.582. The molecule has 9 nitrogen and oxygen atoms in total. The van der Waals surface area contributed by atoms with E-state index in [4.69, 9.17) is 4.74 Å². The zero-order valence-corrected chi connectivity index (χ0v) is 15.9. The Morgan fingerprint density at radius 2 is 1.96 bits per heavy atom. The van der Waals surface area contributed by atoms with Gasteiger partial charge in [-0.25, -0.2) is 8.42 Å². The van der Waals surface area contributed by atoms with Crippen LogP contribution in [0.15, 0.2) is 47.4 Å². The first kappa shape index (κ1) is 19.8. The number of fused-ring (bicyclic) bond motifs is 1. The Labute approximate surface area is 162 Å². The number of carbonyl (C=O) groups is 1. The van der Waals surface area contributed by atoms with E-state index in [2.05, 4.69) is 4.72 Å². The maximum atomic E-state index is 12.6. The van der Waals surface area contributed by atoms with Crippen LogP contribution in [0.1, 0.15) is 12.0 Å². The van der Waals surface area contributed by atoms with E-state index >= 15 is 0 Å². The number of anilines is 2. The Balaban J connectivity index is 1.87. The Hall–Kier alpha value is -2.98. The smallest absolute Gasteiger partial charge is 0.269 e. The van der Waals surface area contributed by atoms with Gasteiger partial charge in [0.2, 0.25) is 0 Å². The second-order valence-electron chi connectivity index (χ2n) is 6.28. The average molecular weight is 405 g/mol. The number of carbonyl (C=O) groups excluding carboxylic acids is 1. The number of sulfonamides is 1. The van der Waals surface area contributed by atoms with Crippen LogP contribution in [0.3, 0.4) is 0 Å². The summed E-state index contributed by atoms with van der Waals surface area (Å²) in [6, 6.07) is 9.64. The van der Waals surface area contributed by atoms with Crippen LogP contribution in [0, 0.1) is 10.1 Å². The molecule has 1 amide bonds. The van der Waals surface area contributed by atoms with E-state index in [9.17, 15) is 23.3 Å². The summed E-state index contributed by atoms with van der Waals surface area (Å²) in [5.41, 5.74) is 1.71. The molecule has 0 atom stereocenters. The molecular weight excluding hydrogens is 386 g/mol. The van der Waals surface area contributed by atoms with Gasteiger partial charge in [-0.3, -0.25) is 19.6 Å². The highest BCUT2D eigenvalue weighted by Gasteiger charge is 2.24. The number of amides is 1. The van der Waals surface area contributed by atoms with E-state index in [0.29, 0.717) is 17.9 Å². The van der Waals surface area contributed by atoms with E-state index in [1.807, 2.05) is 0 Å². The zero-order valence-electron chi connectivity index (χ0n) is 15.1. The number of methoxy groups -OCH3 is 1. The molecule has 0 saturated heterocycles. The number of nitrogens with zero attached hydrogens (tertiary/aromatic N) is 2. The van der Waals surface area contributed by atoms with Crippen LogP contribution >= 0.6 is 0 Å². The van der Waals surface area contributed by atoms with Crippen LogP contribution in [-0.2, 0) is 26.0 Å². The third kappa shape index (κ3) is 4.12. The topological polar surface area (TPSA) is 119 Å². The summed E-state index contributed by atoms with van der Waals surface area (Å²) >= 11 is 0. The van der Waals surface area contributed by atoms with Crippen LogP contribution in [0.5, 0.6) is 0 Å². The summed E-state index contributed by atoms with van der Waals surface area (Å²) in [5, 5.41) is 10.7. The molecule has 0 spiro atoms. The zero-order chi connectivity index (χ0) is 20.3. The van der Waals surface area contributed by atoms with Crippen LogP contribution in [-0.4, -0.2) is 39.5 Å². The number of rotatable bonds is 6. The van der Waals surface area contributed by atoms with Crippen LogP contribution in [0.4, 0.5) is 17.1 Å². The van der Waals surface area contributed by atoms with Gasteiger partial charge in [0.1, 0.15) is 6.61 Å². The van der Waals surface area contributed by atoms with Crippen molar-refractivity contribution in [1.29, 1.82) is 0 Å². The minimum atomic E-state index is -3.93. The van der Waals surface area contributed by atoms with Gasteiger partial charge >= 0.3 is 0 Å². The molecule has 2 aromatic rings. The lowest BCUT2D eigenvalue weighted by Crippen LogP contribution is -2.37. The Morgan fingerprint density at radius 1 is 1.25 bits per heavy atom. The molecule has 0 fully saturated rings. The van der Waals surface area contributed by atoms with Gasteiger partial charge in [0.05, 0.1) is 15.5 Å². The largest absolute Gasteiger partial charge is 0.375 e. The van der Waals surface area contributed by atoms with Crippen molar-refractivity contribution in [3.05, 3.63) is 58.1 Å².